The number of H-pyrrole nitrogens is 1. The summed E-state index contributed by atoms with van der Waals surface area (Å²) in [6.45, 7) is 4.92. The molecule has 0 aliphatic carbocycles. The topological polar surface area (TPSA) is 29.9 Å². The van der Waals surface area contributed by atoms with E-state index in [1.54, 1.807) is 7.11 Å². The van der Waals surface area contributed by atoms with Gasteiger partial charge in [-0.3, -0.25) is 0 Å². The van der Waals surface area contributed by atoms with Gasteiger partial charge in [-0.2, -0.15) is 0 Å². The van der Waals surface area contributed by atoms with Gasteiger partial charge in [-0.1, -0.05) is 0 Å². The maximum Gasteiger partial charge on any atom is 0.177 e. The fourth-order valence-corrected chi connectivity index (χ4v) is 1.68. The van der Waals surface area contributed by atoms with E-state index < -0.39 is 0 Å². The monoisotopic (exact) mass is 200 g/mol. The van der Waals surface area contributed by atoms with Crippen molar-refractivity contribution >= 4 is 12.2 Å². The SMILES string of the molecule is COCCC(C)n1cc(C)[nH]c1=S. The van der Waals surface area contributed by atoms with Crippen LogP contribution < -0.4 is 0 Å². The molecule has 1 atom stereocenters. The number of methoxy groups -OCH3 is 1. The molecule has 74 valence electrons. The van der Waals surface area contributed by atoms with Crippen LogP contribution in [0.1, 0.15) is 25.1 Å². The van der Waals surface area contributed by atoms with Crippen LogP contribution in [0.15, 0.2) is 6.20 Å². The molecule has 0 fully saturated rings. The van der Waals surface area contributed by atoms with Gasteiger partial charge >= 0.3 is 0 Å². The van der Waals surface area contributed by atoms with E-state index in [1.807, 2.05) is 13.1 Å². The highest BCUT2D eigenvalue weighted by atomic mass is 32.1. The Bertz CT molecular complexity index is 316. The van der Waals surface area contributed by atoms with Gasteiger partial charge in [0.1, 0.15) is 0 Å². The summed E-state index contributed by atoms with van der Waals surface area (Å²) in [5.41, 5.74) is 1.11. The Hall–Kier alpha value is -0.610. The molecule has 4 heteroatoms. The summed E-state index contributed by atoms with van der Waals surface area (Å²) in [5, 5.41) is 0. The summed E-state index contributed by atoms with van der Waals surface area (Å²) >= 11 is 5.17. The zero-order valence-electron chi connectivity index (χ0n) is 8.33. The van der Waals surface area contributed by atoms with Crippen molar-refractivity contribution in [2.45, 2.75) is 26.3 Å². The molecule has 0 aromatic carbocycles. The lowest BCUT2D eigenvalue weighted by molar-refractivity contribution is 0.181. The summed E-state index contributed by atoms with van der Waals surface area (Å²) in [7, 11) is 1.72. The molecule has 1 unspecified atom stereocenters. The van der Waals surface area contributed by atoms with Crippen molar-refractivity contribution in [2.75, 3.05) is 13.7 Å². The molecule has 0 radical (unpaired) electrons. The van der Waals surface area contributed by atoms with Crippen molar-refractivity contribution in [3.8, 4) is 0 Å². The minimum atomic E-state index is 0.400. The molecular formula is C9H16N2OS. The number of aryl methyl sites for hydroxylation is 1. The van der Waals surface area contributed by atoms with Gasteiger partial charge in [-0.25, -0.2) is 0 Å². The van der Waals surface area contributed by atoms with Crippen LogP contribution >= 0.6 is 12.2 Å². The van der Waals surface area contributed by atoms with E-state index in [1.165, 1.54) is 0 Å². The van der Waals surface area contributed by atoms with Gasteiger partial charge in [-0.15, -0.1) is 0 Å². The summed E-state index contributed by atoms with van der Waals surface area (Å²) in [6, 6.07) is 0.400. The minimum Gasteiger partial charge on any atom is -0.385 e. The highest BCUT2D eigenvalue weighted by molar-refractivity contribution is 7.71. The van der Waals surface area contributed by atoms with E-state index in [9.17, 15) is 0 Å². The summed E-state index contributed by atoms with van der Waals surface area (Å²) in [6.07, 6.45) is 3.03. The third kappa shape index (κ3) is 2.67. The number of hydrogen-bond donors (Lipinski definition) is 1. The average Bonchev–Trinajstić information content (AvgIpc) is 2.41. The van der Waals surface area contributed by atoms with E-state index in [0.29, 0.717) is 6.04 Å². The van der Waals surface area contributed by atoms with Crippen molar-refractivity contribution in [3.05, 3.63) is 16.7 Å². The van der Waals surface area contributed by atoms with Gasteiger partial charge in [0.25, 0.3) is 0 Å². The van der Waals surface area contributed by atoms with E-state index in [0.717, 1.165) is 23.5 Å². The van der Waals surface area contributed by atoms with Crippen LogP contribution in [-0.2, 0) is 4.74 Å². The summed E-state index contributed by atoms with van der Waals surface area (Å²) < 4.78 is 7.89. The highest BCUT2D eigenvalue weighted by Gasteiger charge is 2.05. The largest absolute Gasteiger partial charge is 0.385 e. The van der Waals surface area contributed by atoms with Crippen molar-refractivity contribution in [1.82, 2.24) is 9.55 Å². The van der Waals surface area contributed by atoms with Gasteiger partial charge in [0.2, 0.25) is 0 Å². The molecule has 1 aromatic heterocycles. The lowest BCUT2D eigenvalue weighted by Crippen LogP contribution is -2.06. The molecule has 0 aliphatic heterocycles. The Labute approximate surface area is 83.7 Å². The lowest BCUT2D eigenvalue weighted by atomic mass is 10.2. The predicted molar refractivity (Wildman–Crippen MR) is 55.6 cm³/mol. The lowest BCUT2D eigenvalue weighted by Gasteiger charge is -2.11. The van der Waals surface area contributed by atoms with Crippen LogP contribution in [0.4, 0.5) is 0 Å². The van der Waals surface area contributed by atoms with Crippen LogP contribution in [0.5, 0.6) is 0 Å². The number of ether oxygens (including phenoxy) is 1. The fraction of sp³-hybridized carbons (Fsp3) is 0.667. The molecule has 0 aliphatic rings. The first-order valence-corrected chi connectivity index (χ1v) is 4.82. The molecule has 1 heterocycles. The van der Waals surface area contributed by atoms with E-state index in [-0.39, 0.29) is 0 Å². The van der Waals surface area contributed by atoms with Gasteiger partial charge in [0.05, 0.1) is 0 Å². The third-order valence-corrected chi connectivity index (χ3v) is 2.40. The third-order valence-electron chi connectivity index (χ3n) is 2.09. The van der Waals surface area contributed by atoms with Crippen molar-refractivity contribution in [3.63, 3.8) is 0 Å². The predicted octanol–water partition coefficient (Wildman–Crippen LogP) is 2.45. The Morgan fingerprint density at radius 1 is 1.69 bits per heavy atom. The van der Waals surface area contributed by atoms with Gasteiger partial charge in [0.15, 0.2) is 4.77 Å². The number of aromatic amines is 1. The average molecular weight is 200 g/mol. The summed E-state index contributed by atoms with van der Waals surface area (Å²) in [4.78, 5) is 3.10. The van der Waals surface area contributed by atoms with Gasteiger partial charge in [-0.05, 0) is 32.5 Å². The highest BCUT2D eigenvalue weighted by Crippen LogP contribution is 2.12. The molecule has 0 spiro atoms. The van der Waals surface area contributed by atoms with Crippen LogP contribution in [-0.4, -0.2) is 23.3 Å². The maximum absolute atomic E-state index is 5.17. The molecule has 1 aromatic rings. The number of aromatic nitrogens is 2. The Kier molecular flexibility index (Phi) is 3.69. The van der Waals surface area contributed by atoms with Crippen LogP contribution in [0, 0.1) is 11.7 Å². The zero-order chi connectivity index (χ0) is 9.84. The van der Waals surface area contributed by atoms with Crippen LogP contribution in [0.25, 0.3) is 0 Å². The maximum atomic E-state index is 5.17. The molecular weight excluding hydrogens is 184 g/mol. The first kappa shape index (κ1) is 10.5. The normalized spacial score (nSPS) is 13.2. The molecule has 0 amide bonds. The number of hydrogen-bond acceptors (Lipinski definition) is 2. The Morgan fingerprint density at radius 2 is 2.38 bits per heavy atom. The zero-order valence-corrected chi connectivity index (χ0v) is 9.15. The van der Waals surface area contributed by atoms with Crippen LogP contribution in [0.3, 0.4) is 0 Å². The minimum absolute atomic E-state index is 0.400. The first-order chi connectivity index (χ1) is 6.15. The molecule has 1 N–H and O–H groups in total. The summed E-state index contributed by atoms with van der Waals surface area (Å²) in [5.74, 6) is 0. The first-order valence-electron chi connectivity index (χ1n) is 4.42. The number of nitrogens with zero attached hydrogens (tertiary/aromatic N) is 1. The molecule has 3 nitrogen and oxygen atoms in total. The standard InChI is InChI=1S/C9H16N2OS/c1-7-6-11(9(13)10-7)8(2)4-5-12-3/h6,8H,4-5H2,1-3H3,(H,10,13). The number of nitrogens with one attached hydrogen (secondary N) is 1. The smallest absolute Gasteiger partial charge is 0.177 e. The molecule has 0 saturated carbocycles. The second-order valence-corrected chi connectivity index (χ2v) is 3.67. The van der Waals surface area contributed by atoms with Crippen molar-refractivity contribution in [1.29, 1.82) is 0 Å². The second kappa shape index (κ2) is 4.58. The molecule has 13 heavy (non-hydrogen) atoms. The van der Waals surface area contributed by atoms with E-state index in [4.69, 9.17) is 17.0 Å². The second-order valence-electron chi connectivity index (χ2n) is 3.28. The molecule has 0 bridgehead atoms. The molecule has 0 saturated heterocycles. The van der Waals surface area contributed by atoms with Gasteiger partial charge < -0.3 is 14.3 Å². The van der Waals surface area contributed by atoms with Crippen molar-refractivity contribution < 1.29 is 4.74 Å². The van der Waals surface area contributed by atoms with E-state index in [2.05, 4.69) is 16.5 Å². The fourth-order valence-electron chi connectivity index (χ4n) is 1.29. The van der Waals surface area contributed by atoms with Crippen molar-refractivity contribution in [2.24, 2.45) is 0 Å². The Balaban J connectivity index is 2.70. The quantitative estimate of drug-likeness (QED) is 0.757. The van der Waals surface area contributed by atoms with Crippen LogP contribution in [0.2, 0.25) is 0 Å². The van der Waals surface area contributed by atoms with E-state index >= 15 is 0 Å². The Morgan fingerprint density at radius 3 is 2.85 bits per heavy atom. The number of imidazole rings is 1. The number of rotatable bonds is 4. The van der Waals surface area contributed by atoms with Gasteiger partial charge in [0, 0.05) is 31.6 Å². The molecule has 1 rings (SSSR count).